The second-order valence-electron chi connectivity index (χ2n) is 9.11. The predicted molar refractivity (Wildman–Crippen MR) is 140 cm³/mol. The number of rotatable bonds is 6. The summed E-state index contributed by atoms with van der Waals surface area (Å²) < 4.78 is 42.0. The topological polar surface area (TPSA) is 105 Å². The maximum Gasteiger partial charge on any atom is 0.416 e. The van der Waals surface area contributed by atoms with E-state index in [-0.39, 0.29) is 28.6 Å². The highest BCUT2D eigenvalue weighted by molar-refractivity contribution is 8.18. The van der Waals surface area contributed by atoms with E-state index in [0.29, 0.717) is 42.6 Å². The third-order valence-electron chi connectivity index (χ3n) is 6.45. The highest BCUT2D eigenvalue weighted by atomic mass is 35.5. The number of imide groups is 1. The van der Waals surface area contributed by atoms with Gasteiger partial charge in [0.1, 0.15) is 0 Å². The number of hydrogen-bond donors (Lipinski definition) is 1. The minimum Gasteiger partial charge on any atom is -0.369 e. The van der Waals surface area contributed by atoms with Crippen molar-refractivity contribution in [1.29, 1.82) is 0 Å². The molecule has 2 aliphatic rings. The number of carbonyl (C=O) groups is 3. The number of amides is 3. The lowest BCUT2D eigenvalue weighted by atomic mass is 10.1. The predicted octanol–water partition coefficient (Wildman–Crippen LogP) is 3.81. The summed E-state index contributed by atoms with van der Waals surface area (Å²) in [6, 6.07) is 8.81. The highest BCUT2D eigenvalue weighted by Crippen LogP contribution is 2.36. The van der Waals surface area contributed by atoms with Crippen molar-refractivity contribution in [3.8, 4) is 0 Å². The van der Waals surface area contributed by atoms with Gasteiger partial charge in [-0.2, -0.15) is 23.3 Å². The molecule has 3 amide bonds. The Morgan fingerprint density at radius 1 is 1.10 bits per heavy atom. The first kappa shape index (κ1) is 27.2. The maximum atomic E-state index is 13.5. The zero-order chi connectivity index (χ0) is 27.9. The van der Waals surface area contributed by atoms with E-state index < -0.39 is 28.8 Å². The molecule has 2 fully saturated rings. The average Bonchev–Trinajstić information content (AvgIpc) is 3.39. The van der Waals surface area contributed by atoms with Gasteiger partial charge in [-0.05, 0) is 53.2 Å². The molecule has 2 aromatic carbocycles. The van der Waals surface area contributed by atoms with Gasteiger partial charge in [0.2, 0.25) is 5.91 Å². The zero-order valence-electron chi connectivity index (χ0n) is 20.3. The van der Waals surface area contributed by atoms with Gasteiger partial charge in [0.05, 0.1) is 35.3 Å². The van der Waals surface area contributed by atoms with E-state index in [9.17, 15) is 27.6 Å². The smallest absolute Gasteiger partial charge is 0.369 e. The first-order valence-corrected chi connectivity index (χ1v) is 13.0. The van der Waals surface area contributed by atoms with Crippen molar-refractivity contribution < 1.29 is 27.6 Å². The van der Waals surface area contributed by atoms with Gasteiger partial charge in [-0.3, -0.25) is 24.0 Å². The van der Waals surface area contributed by atoms with Gasteiger partial charge < -0.3 is 5.73 Å². The quantitative estimate of drug-likeness (QED) is 0.444. The Kier molecular flexibility index (Phi) is 7.42. The van der Waals surface area contributed by atoms with Crippen LogP contribution in [0.25, 0.3) is 17.0 Å². The molecule has 1 aromatic heterocycles. The molecule has 0 spiro atoms. The highest BCUT2D eigenvalue weighted by Gasteiger charge is 2.40. The lowest BCUT2D eigenvalue weighted by Crippen LogP contribution is -2.56. The van der Waals surface area contributed by atoms with Crippen LogP contribution in [0.3, 0.4) is 0 Å². The minimum atomic E-state index is -4.56. The number of alkyl halides is 3. The number of fused-ring (bicyclic) bond motifs is 1. The molecule has 0 atom stereocenters. The molecule has 0 saturated carbocycles. The van der Waals surface area contributed by atoms with E-state index >= 15 is 0 Å². The first-order chi connectivity index (χ1) is 18.5. The van der Waals surface area contributed by atoms with Gasteiger partial charge in [-0.1, -0.05) is 23.7 Å². The van der Waals surface area contributed by atoms with Crippen molar-refractivity contribution in [2.24, 2.45) is 5.73 Å². The molecule has 14 heteroatoms. The first-order valence-electron chi connectivity index (χ1n) is 11.8. The Morgan fingerprint density at radius 3 is 2.54 bits per heavy atom. The van der Waals surface area contributed by atoms with Crippen molar-refractivity contribution >= 4 is 57.4 Å². The maximum absolute atomic E-state index is 13.5. The van der Waals surface area contributed by atoms with Crippen molar-refractivity contribution in [2.45, 2.75) is 12.7 Å². The Bertz CT molecular complexity index is 1500. The van der Waals surface area contributed by atoms with Gasteiger partial charge in [-0.25, -0.2) is 5.01 Å². The summed E-state index contributed by atoms with van der Waals surface area (Å²) in [5.74, 6) is -0.873. The molecule has 0 unspecified atom stereocenters. The van der Waals surface area contributed by atoms with Crippen molar-refractivity contribution in [3.05, 3.63) is 69.2 Å². The molecule has 3 heterocycles. The largest absolute Gasteiger partial charge is 0.416 e. The summed E-state index contributed by atoms with van der Waals surface area (Å²) in [5.41, 5.74) is 5.70. The Balaban J connectivity index is 1.32. The third-order valence-corrected chi connectivity index (χ3v) is 7.54. The van der Waals surface area contributed by atoms with E-state index in [2.05, 4.69) is 5.10 Å². The normalized spacial score (nSPS) is 18.6. The van der Waals surface area contributed by atoms with Crippen LogP contribution in [0.4, 0.5) is 18.0 Å². The molecule has 2 N–H and O–H groups in total. The number of nitrogens with two attached hydrogens (primary N) is 1. The zero-order valence-corrected chi connectivity index (χ0v) is 21.9. The molecule has 3 aromatic rings. The molecule has 0 radical (unpaired) electrons. The fourth-order valence-electron chi connectivity index (χ4n) is 4.60. The van der Waals surface area contributed by atoms with E-state index in [1.807, 2.05) is 4.90 Å². The van der Waals surface area contributed by atoms with Crippen LogP contribution in [0.5, 0.6) is 0 Å². The van der Waals surface area contributed by atoms with Crippen LogP contribution >= 0.6 is 23.4 Å². The molecule has 9 nitrogen and oxygen atoms in total. The van der Waals surface area contributed by atoms with Crippen LogP contribution in [0, 0.1) is 0 Å². The number of nitrogens with zero attached hydrogens (tertiary/aromatic N) is 5. The van der Waals surface area contributed by atoms with E-state index in [1.54, 1.807) is 29.3 Å². The molecular weight excluding hydrogens is 557 g/mol. The Hall–Kier alpha value is -3.39. The van der Waals surface area contributed by atoms with Gasteiger partial charge in [-0.15, -0.1) is 0 Å². The van der Waals surface area contributed by atoms with Gasteiger partial charge in [0.15, 0.2) is 0 Å². The Labute approximate surface area is 229 Å². The molecule has 0 aliphatic carbocycles. The monoisotopic (exact) mass is 578 g/mol. The number of hydrogen-bond acceptors (Lipinski definition) is 7. The van der Waals surface area contributed by atoms with Crippen LogP contribution < -0.4 is 5.73 Å². The summed E-state index contributed by atoms with van der Waals surface area (Å²) in [5, 5.41) is 7.29. The van der Waals surface area contributed by atoms with Gasteiger partial charge in [0, 0.05) is 36.6 Å². The van der Waals surface area contributed by atoms with Crippen molar-refractivity contribution in [1.82, 2.24) is 24.7 Å². The average molecular weight is 579 g/mol. The van der Waals surface area contributed by atoms with Gasteiger partial charge >= 0.3 is 11.4 Å². The van der Waals surface area contributed by atoms with E-state index in [0.717, 1.165) is 22.8 Å². The molecule has 5 rings (SSSR count). The fourth-order valence-corrected chi connectivity index (χ4v) is 5.62. The Morgan fingerprint density at radius 2 is 1.85 bits per heavy atom. The summed E-state index contributed by atoms with van der Waals surface area (Å²) in [6.07, 6.45) is -1.42. The van der Waals surface area contributed by atoms with Crippen LogP contribution in [-0.4, -0.2) is 74.5 Å². The fraction of sp³-hybridized carbons (Fsp3) is 0.280. The number of carbonyl (C=O) groups excluding carboxylic acids is 3. The second kappa shape index (κ2) is 10.6. The molecule has 2 aliphatic heterocycles. The number of aromatic nitrogens is 2. The molecule has 0 bridgehead atoms. The second-order valence-corrected chi connectivity index (χ2v) is 10.5. The van der Waals surface area contributed by atoms with E-state index in [1.165, 1.54) is 23.0 Å². The lowest BCUT2D eigenvalue weighted by Gasteiger charge is -2.37. The standard InChI is InChI=1S/C25H22ClF3N6O3S/c26-18-3-2-16(19(11-18)25(27,28)29)13-34-20-4-1-15(9-17(20)12-31-34)10-21-23(37)35(24(38)39-21)33-7-5-32(6-8-33)14-22(30)36/h1-4,9-12H,5-8,13-14H2,(H2,30,36). The number of halogens is 4. The van der Waals surface area contributed by atoms with Crippen LogP contribution in [0.15, 0.2) is 47.5 Å². The van der Waals surface area contributed by atoms with Crippen LogP contribution in [-0.2, 0) is 22.3 Å². The van der Waals surface area contributed by atoms with E-state index in [4.69, 9.17) is 17.3 Å². The van der Waals surface area contributed by atoms with Crippen molar-refractivity contribution in [2.75, 3.05) is 32.7 Å². The summed E-state index contributed by atoms with van der Waals surface area (Å²) >= 11 is 6.61. The number of piperazine rings is 1. The number of primary amides is 1. The molecule has 204 valence electrons. The third kappa shape index (κ3) is 5.81. The SMILES string of the molecule is NC(=O)CN1CCN(N2C(=O)SC(=Cc3ccc4c(cnn4Cc4ccc(Cl)cc4C(F)(F)F)c3)C2=O)CC1. The van der Waals surface area contributed by atoms with Crippen LogP contribution in [0.2, 0.25) is 5.02 Å². The number of thioether (sulfide) groups is 1. The lowest BCUT2D eigenvalue weighted by molar-refractivity contribution is -0.138. The molecule has 2 saturated heterocycles. The summed E-state index contributed by atoms with van der Waals surface area (Å²) in [4.78, 5) is 39.0. The molecular formula is C25H22ClF3N6O3S. The number of hydrazine groups is 1. The number of benzene rings is 2. The van der Waals surface area contributed by atoms with Crippen LogP contribution in [0.1, 0.15) is 16.7 Å². The summed E-state index contributed by atoms with van der Waals surface area (Å²) in [7, 11) is 0. The summed E-state index contributed by atoms with van der Waals surface area (Å²) in [6.45, 7) is 1.79. The van der Waals surface area contributed by atoms with Crippen molar-refractivity contribution in [3.63, 3.8) is 0 Å². The minimum absolute atomic E-state index is 0.00389. The molecule has 39 heavy (non-hydrogen) atoms. The van der Waals surface area contributed by atoms with Gasteiger partial charge in [0.25, 0.3) is 5.91 Å².